The number of fused-ring (bicyclic) bond motifs is 1. The number of pyridine rings is 1. The van der Waals surface area contributed by atoms with Crippen molar-refractivity contribution in [3.8, 4) is 0 Å². The van der Waals surface area contributed by atoms with Crippen LogP contribution in [0.3, 0.4) is 0 Å². The fourth-order valence-corrected chi connectivity index (χ4v) is 3.59. The van der Waals surface area contributed by atoms with Crippen molar-refractivity contribution in [2.45, 2.75) is 44.2 Å². The molecule has 5 heteroatoms. The number of carboxylic acid groups (broad SMARTS) is 1. The van der Waals surface area contributed by atoms with Gasteiger partial charge in [-0.2, -0.15) is 0 Å². The van der Waals surface area contributed by atoms with E-state index >= 15 is 0 Å². The monoisotopic (exact) mass is 274 g/mol. The molecule has 20 heavy (non-hydrogen) atoms. The molecule has 0 unspecified atom stereocenters. The van der Waals surface area contributed by atoms with E-state index in [9.17, 15) is 14.7 Å². The zero-order chi connectivity index (χ0) is 14.1. The average molecular weight is 274 g/mol. The van der Waals surface area contributed by atoms with E-state index in [1.807, 2.05) is 0 Å². The summed E-state index contributed by atoms with van der Waals surface area (Å²) in [5.74, 6) is -0.811. The Labute approximate surface area is 117 Å². The summed E-state index contributed by atoms with van der Waals surface area (Å²) in [5, 5.41) is 9.41. The fourth-order valence-electron chi connectivity index (χ4n) is 3.59. The molecule has 0 aromatic carbocycles. The molecule has 1 saturated heterocycles. The number of carbonyl (C=O) groups is 2. The molecular formula is C15H18N2O3. The first kappa shape index (κ1) is 13.1. The number of aliphatic carboxylic acids is 1. The van der Waals surface area contributed by atoms with Gasteiger partial charge >= 0.3 is 5.97 Å². The minimum Gasteiger partial charge on any atom is -0.480 e. The lowest BCUT2D eigenvalue weighted by Gasteiger charge is -2.32. The fraction of sp³-hybridized carbons (Fsp3) is 0.533. The number of likely N-dealkylation sites (tertiary alicyclic amines) is 1. The molecule has 3 atom stereocenters. The van der Waals surface area contributed by atoms with Crippen molar-refractivity contribution in [3.05, 3.63) is 30.1 Å². The van der Waals surface area contributed by atoms with Gasteiger partial charge in [0.05, 0.1) is 0 Å². The van der Waals surface area contributed by atoms with Crippen molar-refractivity contribution in [3.63, 3.8) is 0 Å². The average Bonchev–Trinajstić information content (AvgIpc) is 2.87. The number of aromatic nitrogens is 1. The van der Waals surface area contributed by atoms with Gasteiger partial charge in [0.15, 0.2) is 0 Å². The highest BCUT2D eigenvalue weighted by molar-refractivity contribution is 5.95. The second-order valence-corrected chi connectivity index (χ2v) is 5.63. The van der Waals surface area contributed by atoms with E-state index in [0.29, 0.717) is 18.0 Å². The molecular weight excluding hydrogens is 256 g/mol. The van der Waals surface area contributed by atoms with Gasteiger partial charge in [-0.15, -0.1) is 0 Å². The van der Waals surface area contributed by atoms with Crippen LogP contribution in [0.15, 0.2) is 24.4 Å². The van der Waals surface area contributed by atoms with Crippen LogP contribution in [0.25, 0.3) is 0 Å². The minimum atomic E-state index is -0.899. The summed E-state index contributed by atoms with van der Waals surface area (Å²) in [5.41, 5.74) is 0.338. The van der Waals surface area contributed by atoms with E-state index in [1.54, 1.807) is 29.3 Å². The van der Waals surface area contributed by atoms with Crippen molar-refractivity contribution in [1.82, 2.24) is 9.88 Å². The maximum Gasteiger partial charge on any atom is 0.326 e. The maximum atomic E-state index is 12.6. The Balaban J connectivity index is 1.91. The van der Waals surface area contributed by atoms with Gasteiger partial charge in [-0.05, 0) is 37.3 Å². The zero-order valence-corrected chi connectivity index (χ0v) is 11.2. The van der Waals surface area contributed by atoms with E-state index in [4.69, 9.17) is 0 Å². The Kier molecular flexibility index (Phi) is 3.42. The number of rotatable bonds is 2. The Morgan fingerprint density at radius 1 is 1.25 bits per heavy atom. The standard InChI is InChI=1S/C15H18N2O3/c18-14(11-6-3-4-8-16-11)17-12-7-2-1-5-10(12)9-13(17)15(19)20/h3-4,6,8,10,12-13H,1-2,5,7,9H2,(H,19,20)/t10-,12-,13-/m0/s1. The lowest BCUT2D eigenvalue weighted by Crippen LogP contribution is -2.46. The number of hydrogen-bond acceptors (Lipinski definition) is 3. The van der Waals surface area contributed by atoms with Gasteiger partial charge in [0, 0.05) is 12.2 Å². The molecule has 1 aromatic rings. The molecule has 1 amide bonds. The van der Waals surface area contributed by atoms with Crippen LogP contribution >= 0.6 is 0 Å². The van der Waals surface area contributed by atoms with Crippen LogP contribution in [-0.2, 0) is 4.79 Å². The Hall–Kier alpha value is -1.91. The molecule has 5 nitrogen and oxygen atoms in total. The molecule has 106 valence electrons. The second-order valence-electron chi connectivity index (χ2n) is 5.63. The molecule has 3 rings (SSSR count). The third kappa shape index (κ3) is 2.17. The third-order valence-electron chi connectivity index (χ3n) is 4.49. The van der Waals surface area contributed by atoms with E-state index in [1.165, 1.54) is 0 Å². The molecule has 1 aromatic heterocycles. The molecule has 1 aliphatic heterocycles. The molecule has 0 radical (unpaired) electrons. The Morgan fingerprint density at radius 3 is 2.75 bits per heavy atom. The van der Waals surface area contributed by atoms with E-state index in [2.05, 4.69) is 4.98 Å². The predicted molar refractivity (Wildman–Crippen MR) is 72.2 cm³/mol. The smallest absolute Gasteiger partial charge is 0.326 e. The van der Waals surface area contributed by atoms with Crippen molar-refractivity contribution >= 4 is 11.9 Å². The van der Waals surface area contributed by atoms with Crippen LogP contribution in [0, 0.1) is 5.92 Å². The highest BCUT2D eigenvalue weighted by atomic mass is 16.4. The number of hydrogen-bond donors (Lipinski definition) is 1. The summed E-state index contributed by atoms with van der Waals surface area (Å²) < 4.78 is 0. The zero-order valence-electron chi connectivity index (χ0n) is 11.2. The first-order chi connectivity index (χ1) is 9.68. The van der Waals surface area contributed by atoms with Crippen molar-refractivity contribution < 1.29 is 14.7 Å². The van der Waals surface area contributed by atoms with Gasteiger partial charge in [-0.3, -0.25) is 9.78 Å². The Morgan fingerprint density at radius 2 is 2.05 bits per heavy atom. The second kappa shape index (κ2) is 5.23. The number of carboxylic acids is 1. The van der Waals surface area contributed by atoms with Crippen molar-refractivity contribution in [2.75, 3.05) is 0 Å². The molecule has 1 saturated carbocycles. The molecule has 2 fully saturated rings. The van der Waals surface area contributed by atoms with Gasteiger partial charge in [-0.25, -0.2) is 4.79 Å². The molecule has 2 aliphatic rings. The minimum absolute atomic E-state index is 0.0688. The van der Waals surface area contributed by atoms with Crippen LogP contribution in [0.1, 0.15) is 42.6 Å². The summed E-state index contributed by atoms with van der Waals surface area (Å²) in [6, 6.07) is 4.53. The SMILES string of the molecule is O=C(O)[C@@H]1C[C@@H]2CCCC[C@@H]2N1C(=O)c1ccccn1. The molecule has 0 bridgehead atoms. The quantitative estimate of drug-likeness (QED) is 0.894. The lowest BCUT2D eigenvalue weighted by molar-refractivity contribution is -0.141. The van der Waals surface area contributed by atoms with Crippen LogP contribution in [0.2, 0.25) is 0 Å². The summed E-state index contributed by atoms with van der Waals surface area (Å²) in [4.78, 5) is 29.7. The highest BCUT2D eigenvalue weighted by Crippen LogP contribution is 2.40. The van der Waals surface area contributed by atoms with Crippen molar-refractivity contribution in [1.29, 1.82) is 0 Å². The summed E-state index contributed by atoms with van der Waals surface area (Å²) >= 11 is 0. The summed E-state index contributed by atoms with van der Waals surface area (Å²) in [6.07, 6.45) is 6.29. The van der Waals surface area contributed by atoms with Gasteiger partial charge in [0.1, 0.15) is 11.7 Å². The topological polar surface area (TPSA) is 70.5 Å². The normalized spacial score (nSPS) is 29.0. The summed E-state index contributed by atoms with van der Waals surface area (Å²) in [6.45, 7) is 0. The third-order valence-corrected chi connectivity index (χ3v) is 4.49. The first-order valence-electron chi connectivity index (χ1n) is 7.15. The lowest BCUT2D eigenvalue weighted by atomic mass is 9.84. The maximum absolute atomic E-state index is 12.6. The van der Waals surface area contributed by atoms with E-state index < -0.39 is 12.0 Å². The first-order valence-corrected chi connectivity index (χ1v) is 7.15. The predicted octanol–water partition coefficient (Wildman–Crippen LogP) is 1.94. The Bertz CT molecular complexity index is 517. The number of nitrogens with zero attached hydrogens (tertiary/aromatic N) is 2. The molecule has 1 N–H and O–H groups in total. The van der Waals surface area contributed by atoms with Crippen LogP contribution in [-0.4, -0.2) is 39.0 Å². The van der Waals surface area contributed by atoms with Gasteiger partial charge in [0.25, 0.3) is 5.91 Å². The highest BCUT2D eigenvalue weighted by Gasteiger charge is 2.47. The van der Waals surface area contributed by atoms with Gasteiger partial charge < -0.3 is 10.0 Å². The number of carbonyl (C=O) groups excluding carboxylic acids is 1. The van der Waals surface area contributed by atoms with Crippen molar-refractivity contribution in [2.24, 2.45) is 5.92 Å². The number of amides is 1. The largest absolute Gasteiger partial charge is 0.480 e. The van der Waals surface area contributed by atoms with Gasteiger partial charge in [0.2, 0.25) is 0 Å². The van der Waals surface area contributed by atoms with E-state index in [-0.39, 0.29) is 11.9 Å². The van der Waals surface area contributed by atoms with Crippen LogP contribution < -0.4 is 0 Å². The van der Waals surface area contributed by atoms with Gasteiger partial charge in [-0.1, -0.05) is 18.9 Å². The van der Waals surface area contributed by atoms with Crippen LogP contribution in [0.5, 0.6) is 0 Å². The summed E-state index contributed by atoms with van der Waals surface area (Å²) in [7, 11) is 0. The molecule has 0 spiro atoms. The van der Waals surface area contributed by atoms with Crippen LogP contribution in [0.4, 0.5) is 0 Å². The molecule has 2 heterocycles. The molecule has 1 aliphatic carbocycles. The van der Waals surface area contributed by atoms with E-state index in [0.717, 1.165) is 25.7 Å².